The van der Waals surface area contributed by atoms with Crippen molar-refractivity contribution in [1.29, 1.82) is 0 Å². The average molecular weight is 357 g/mol. The van der Waals surface area contributed by atoms with Crippen molar-refractivity contribution in [3.8, 4) is 0 Å². The molecule has 5 nitrogen and oxygen atoms in total. The summed E-state index contributed by atoms with van der Waals surface area (Å²) >= 11 is 0. The van der Waals surface area contributed by atoms with E-state index in [2.05, 4.69) is 17.6 Å². The van der Waals surface area contributed by atoms with E-state index in [1.807, 2.05) is 35.2 Å². The number of hydrogen-bond acceptors (Lipinski definition) is 3. The molecule has 0 aromatic heterocycles. The molecule has 0 bridgehead atoms. The zero-order valence-electron chi connectivity index (χ0n) is 15.7. The standard InChI is InChI=1S/C21H31N3O2/c1-16(18-8-5-11-22-15-18)14-20(25)23-19-9-12-24(13-10-19)21(26)17-6-3-2-4-7-17/h2-4,6-7,16,18-19,22H,5,8-15H2,1H3,(H,23,25). The molecular weight excluding hydrogens is 326 g/mol. The second-order valence-corrected chi connectivity index (χ2v) is 7.79. The number of rotatable bonds is 5. The van der Waals surface area contributed by atoms with Crippen LogP contribution in [0.1, 0.15) is 49.4 Å². The normalized spacial score (nSPS) is 22.7. The van der Waals surface area contributed by atoms with Crippen LogP contribution in [-0.2, 0) is 4.79 Å². The van der Waals surface area contributed by atoms with Gasteiger partial charge in [-0.05, 0) is 62.7 Å². The summed E-state index contributed by atoms with van der Waals surface area (Å²) in [5.41, 5.74) is 0.741. The van der Waals surface area contributed by atoms with Gasteiger partial charge in [0.05, 0.1) is 0 Å². The lowest BCUT2D eigenvalue weighted by Gasteiger charge is -2.33. The Morgan fingerprint density at radius 1 is 1.19 bits per heavy atom. The van der Waals surface area contributed by atoms with E-state index in [9.17, 15) is 9.59 Å². The van der Waals surface area contributed by atoms with Crippen LogP contribution in [0.2, 0.25) is 0 Å². The molecule has 2 N–H and O–H groups in total. The monoisotopic (exact) mass is 357 g/mol. The van der Waals surface area contributed by atoms with Crippen molar-refractivity contribution in [2.45, 2.75) is 45.1 Å². The summed E-state index contributed by atoms with van der Waals surface area (Å²) in [5, 5.41) is 6.62. The lowest BCUT2D eigenvalue weighted by atomic mass is 9.85. The quantitative estimate of drug-likeness (QED) is 0.851. The molecule has 0 spiro atoms. The van der Waals surface area contributed by atoms with Crippen molar-refractivity contribution in [2.75, 3.05) is 26.2 Å². The molecule has 2 heterocycles. The minimum atomic E-state index is 0.0915. The third-order valence-corrected chi connectivity index (χ3v) is 5.82. The molecule has 3 rings (SSSR count). The number of nitrogens with zero attached hydrogens (tertiary/aromatic N) is 1. The van der Waals surface area contributed by atoms with E-state index in [-0.39, 0.29) is 17.9 Å². The van der Waals surface area contributed by atoms with Crippen molar-refractivity contribution >= 4 is 11.8 Å². The first-order valence-corrected chi connectivity index (χ1v) is 9.98. The highest BCUT2D eigenvalue weighted by Gasteiger charge is 2.26. The van der Waals surface area contributed by atoms with Crippen LogP contribution in [0.5, 0.6) is 0 Å². The highest BCUT2D eigenvalue weighted by atomic mass is 16.2. The Morgan fingerprint density at radius 2 is 1.92 bits per heavy atom. The number of carbonyl (C=O) groups excluding carboxylic acids is 2. The van der Waals surface area contributed by atoms with Crippen molar-refractivity contribution in [3.63, 3.8) is 0 Å². The zero-order chi connectivity index (χ0) is 18.4. The summed E-state index contributed by atoms with van der Waals surface area (Å²) in [6.07, 6.45) is 4.72. The molecule has 0 aliphatic carbocycles. The van der Waals surface area contributed by atoms with Gasteiger partial charge in [-0.15, -0.1) is 0 Å². The molecule has 26 heavy (non-hydrogen) atoms. The molecule has 2 amide bonds. The van der Waals surface area contributed by atoms with Gasteiger partial charge in [0.25, 0.3) is 5.91 Å². The van der Waals surface area contributed by atoms with E-state index < -0.39 is 0 Å². The number of benzene rings is 1. The topological polar surface area (TPSA) is 61.4 Å². The molecule has 2 aliphatic heterocycles. The smallest absolute Gasteiger partial charge is 0.253 e. The van der Waals surface area contributed by atoms with E-state index in [1.54, 1.807) is 0 Å². The van der Waals surface area contributed by atoms with Gasteiger partial charge < -0.3 is 15.5 Å². The van der Waals surface area contributed by atoms with E-state index in [1.165, 1.54) is 12.8 Å². The Morgan fingerprint density at radius 3 is 2.58 bits per heavy atom. The molecule has 1 aromatic rings. The molecule has 5 heteroatoms. The van der Waals surface area contributed by atoms with Gasteiger partial charge in [-0.3, -0.25) is 9.59 Å². The SMILES string of the molecule is CC(CC(=O)NC1CCN(C(=O)c2ccccc2)CC1)C1CCCNC1. The van der Waals surface area contributed by atoms with E-state index in [4.69, 9.17) is 0 Å². The largest absolute Gasteiger partial charge is 0.353 e. The van der Waals surface area contributed by atoms with Gasteiger partial charge in [-0.2, -0.15) is 0 Å². The summed E-state index contributed by atoms with van der Waals surface area (Å²) in [6, 6.07) is 9.61. The van der Waals surface area contributed by atoms with Crippen molar-refractivity contribution in [3.05, 3.63) is 35.9 Å². The first kappa shape index (κ1) is 18.9. The minimum absolute atomic E-state index is 0.0915. The minimum Gasteiger partial charge on any atom is -0.353 e. The average Bonchev–Trinajstić information content (AvgIpc) is 2.69. The fourth-order valence-electron chi connectivity index (χ4n) is 4.10. The Balaban J connectivity index is 1.40. The Kier molecular flexibility index (Phi) is 6.67. The third kappa shape index (κ3) is 5.07. The van der Waals surface area contributed by atoms with Crippen LogP contribution in [0.3, 0.4) is 0 Å². The van der Waals surface area contributed by atoms with Gasteiger partial charge in [0, 0.05) is 31.1 Å². The molecule has 2 aliphatic rings. The van der Waals surface area contributed by atoms with E-state index in [0.717, 1.165) is 31.5 Å². The van der Waals surface area contributed by atoms with Crippen LogP contribution in [0, 0.1) is 11.8 Å². The van der Waals surface area contributed by atoms with Crippen LogP contribution < -0.4 is 10.6 Å². The first-order chi connectivity index (χ1) is 12.6. The molecule has 2 saturated heterocycles. The van der Waals surface area contributed by atoms with Crippen LogP contribution in [0.15, 0.2) is 30.3 Å². The highest BCUT2D eigenvalue weighted by Crippen LogP contribution is 2.23. The first-order valence-electron chi connectivity index (χ1n) is 9.98. The number of carbonyl (C=O) groups is 2. The number of nitrogens with one attached hydrogen (secondary N) is 2. The third-order valence-electron chi connectivity index (χ3n) is 5.82. The Labute approximate surface area is 156 Å². The lowest BCUT2D eigenvalue weighted by molar-refractivity contribution is -0.123. The van der Waals surface area contributed by atoms with Crippen LogP contribution in [0.25, 0.3) is 0 Å². The van der Waals surface area contributed by atoms with Gasteiger partial charge in [-0.25, -0.2) is 0 Å². The Bertz CT molecular complexity index is 591. The molecular formula is C21H31N3O2. The summed E-state index contributed by atoms with van der Waals surface area (Å²) in [7, 11) is 0. The maximum absolute atomic E-state index is 12.5. The maximum Gasteiger partial charge on any atom is 0.253 e. The van der Waals surface area contributed by atoms with Crippen LogP contribution in [-0.4, -0.2) is 48.9 Å². The van der Waals surface area contributed by atoms with Crippen molar-refractivity contribution in [2.24, 2.45) is 11.8 Å². The van der Waals surface area contributed by atoms with Gasteiger partial charge >= 0.3 is 0 Å². The molecule has 0 radical (unpaired) electrons. The second kappa shape index (κ2) is 9.17. The highest BCUT2D eigenvalue weighted by molar-refractivity contribution is 5.94. The van der Waals surface area contributed by atoms with E-state index >= 15 is 0 Å². The number of likely N-dealkylation sites (tertiary alicyclic amines) is 1. The molecule has 2 atom stereocenters. The van der Waals surface area contributed by atoms with Crippen molar-refractivity contribution in [1.82, 2.24) is 15.5 Å². The molecule has 142 valence electrons. The van der Waals surface area contributed by atoms with Gasteiger partial charge in [-0.1, -0.05) is 25.1 Å². The fourth-order valence-corrected chi connectivity index (χ4v) is 4.10. The van der Waals surface area contributed by atoms with Crippen LogP contribution >= 0.6 is 0 Å². The summed E-state index contributed by atoms with van der Waals surface area (Å²) in [6.45, 7) is 5.75. The summed E-state index contributed by atoms with van der Waals surface area (Å²) < 4.78 is 0. The molecule has 2 unspecified atom stereocenters. The van der Waals surface area contributed by atoms with Crippen molar-refractivity contribution < 1.29 is 9.59 Å². The number of piperidine rings is 2. The Hall–Kier alpha value is -1.88. The maximum atomic E-state index is 12.5. The summed E-state index contributed by atoms with van der Waals surface area (Å²) in [5.74, 6) is 1.28. The fraction of sp³-hybridized carbons (Fsp3) is 0.619. The predicted octanol–water partition coefficient (Wildman–Crippen LogP) is 2.43. The molecule has 2 fully saturated rings. The van der Waals surface area contributed by atoms with Gasteiger partial charge in [0.2, 0.25) is 5.91 Å². The van der Waals surface area contributed by atoms with Gasteiger partial charge in [0.15, 0.2) is 0 Å². The lowest BCUT2D eigenvalue weighted by Crippen LogP contribution is -2.47. The number of hydrogen-bond donors (Lipinski definition) is 2. The van der Waals surface area contributed by atoms with E-state index in [0.29, 0.717) is 31.3 Å². The zero-order valence-corrected chi connectivity index (χ0v) is 15.7. The summed E-state index contributed by atoms with van der Waals surface area (Å²) in [4.78, 5) is 26.8. The second-order valence-electron chi connectivity index (χ2n) is 7.79. The predicted molar refractivity (Wildman–Crippen MR) is 103 cm³/mol. The van der Waals surface area contributed by atoms with Gasteiger partial charge in [0.1, 0.15) is 0 Å². The number of amides is 2. The molecule has 1 aromatic carbocycles. The molecule has 0 saturated carbocycles. The van der Waals surface area contributed by atoms with Crippen LogP contribution in [0.4, 0.5) is 0 Å².